The first-order valence-corrected chi connectivity index (χ1v) is 5.23. The molecule has 1 aliphatic heterocycles. The van der Waals surface area contributed by atoms with E-state index in [1.807, 2.05) is 18.2 Å². The van der Waals surface area contributed by atoms with Gasteiger partial charge in [0.05, 0.1) is 13.7 Å². The summed E-state index contributed by atoms with van der Waals surface area (Å²) in [6.45, 7) is 0.786. The monoisotopic (exact) mass is 230 g/mol. The molecule has 0 aliphatic carbocycles. The van der Waals surface area contributed by atoms with E-state index in [2.05, 4.69) is 6.07 Å². The molecule has 16 heavy (non-hydrogen) atoms. The Labute approximate surface area is 118 Å². The van der Waals surface area contributed by atoms with Gasteiger partial charge < -0.3 is 14.2 Å². The van der Waals surface area contributed by atoms with E-state index in [9.17, 15) is 0 Å². The summed E-state index contributed by atoms with van der Waals surface area (Å²) in [5.74, 6) is 1.37. The van der Waals surface area contributed by atoms with E-state index in [0.717, 1.165) is 25.9 Å². The van der Waals surface area contributed by atoms with Gasteiger partial charge in [-0.15, -0.1) is 12.1 Å². The quantitative estimate of drug-likeness (QED) is 0.513. The van der Waals surface area contributed by atoms with Crippen LogP contribution in [0.15, 0.2) is 18.2 Å². The van der Waals surface area contributed by atoms with Gasteiger partial charge in [0.25, 0.3) is 0 Å². The van der Waals surface area contributed by atoms with Crippen LogP contribution in [0.25, 0.3) is 0 Å². The van der Waals surface area contributed by atoms with Crippen LogP contribution in [0.1, 0.15) is 19.3 Å². The Hall–Kier alpha value is -0.220. The Balaban J connectivity index is 0.00000128. The predicted molar refractivity (Wildman–Crippen MR) is 56.0 cm³/mol. The third-order valence-electron chi connectivity index (χ3n) is 2.36. The fourth-order valence-corrected chi connectivity index (χ4v) is 1.56. The van der Waals surface area contributed by atoms with Gasteiger partial charge in [-0.05, 0) is 12.8 Å². The molecule has 82 valence electrons. The van der Waals surface area contributed by atoms with Crippen molar-refractivity contribution in [3.8, 4) is 11.5 Å². The number of methoxy groups -OCH3 is 1. The van der Waals surface area contributed by atoms with E-state index in [1.165, 1.54) is 0 Å². The molecule has 0 aromatic heterocycles. The molecule has 4 heteroatoms. The summed E-state index contributed by atoms with van der Waals surface area (Å²) >= 11 is 0. The topological polar surface area (TPSA) is 27.7 Å². The van der Waals surface area contributed by atoms with E-state index < -0.39 is 0 Å². The molecule has 1 aromatic rings. The van der Waals surface area contributed by atoms with E-state index in [1.54, 1.807) is 7.11 Å². The third kappa shape index (κ3) is 3.98. The number of ether oxygens (including phenoxy) is 3. The average Bonchev–Trinajstić information content (AvgIpc) is 2.31. The summed E-state index contributed by atoms with van der Waals surface area (Å²) in [5.41, 5.74) is 0. The van der Waals surface area contributed by atoms with Crippen LogP contribution in [-0.2, 0) is 4.74 Å². The molecule has 1 aliphatic rings. The fraction of sp³-hybridized carbons (Fsp3) is 0.500. The largest absolute Gasteiger partial charge is 1.00 e. The SMILES string of the molecule is COc1[c-]c(OC2CCCCO2)ccc1.[Na+]. The van der Waals surface area contributed by atoms with E-state index in [4.69, 9.17) is 14.2 Å². The van der Waals surface area contributed by atoms with Crippen LogP contribution in [0.2, 0.25) is 0 Å². The standard InChI is InChI=1S/C12H15O3.Na/c1-13-10-5-4-6-11(9-10)15-12-7-2-3-8-14-12;/h4-6,12H,2-3,7-8H2,1H3;/q-1;+1. The zero-order valence-electron chi connectivity index (χ0n) is 9.86. The van der Waals surface area contributed by atoms with E-state index in [-0.39, 0.29) is 35.8 Å². The molecular weight excluding hydrogens is 215 g/mol. The maximum Gasteiger partial charge on any atom is 1.00 e. The van der Waals surface area contributed by atoms with Gasteiger partial charge in [-0.2, -0.15) is 6.07 Å². The first-order chi connectivity index (χ1) is 7.38. The molecule has 3 nitrogen and oxygen atoms in total. The summed E-state index contributed by atoms with van der Waals surface area (Å²) < 4.78 is 16.2. The average molecular weight is 230 g/mol. The zero-order chi connectivity index (χ0) is 10.5. The Morgan fingerprint density at radius 3 is 2.81 bits per heavy atom. The van der Waals surface area contributed by atoms with Crippen molar-refractivity contribution in [2.24, 2.45) is 0 Å². The van der Waals surface area contributed by atoms with Gasteiger partial charge in [-0.1, -0.05) is 6.07 Å². The molecule has 1 unspecified atom stereocenters. The van der Waals surface area contributed by atoms with E-state index in [0.29, 0.717) is 11.5 Å². The van der Waals surface area contributed by atoms with Crippen LogP contribution in [0.5, 0.6) is 11.5 Å². The summed E-state index contributed by atoms with van der Waals surface area (Å²) in [4.78, 5) is 0. The molecule has 0 spiro atoms. The van der Waals surface area contributed by atoms with Crippen molar-refractivity contribution < 1.29 is 43.8 Å². The molecule has 0 amide bonds. The Morgan fingerprint density at radius 1 is 1.31 bits per heavy atom. The predicted octanol–water partition coefficient (Wildman–Crippen LogP) is -0.595. The second kappa shape index (κ2) is 7.17. The maximum atomic E-state index is 5.64. The summed E-state index contributed by atoms with van der Waals surface area (Å²) in [7, 11) is 1.62. The smallest absolute Gasteiger partial charge is 0.522 e. The van der Waals surface area contributed by atoms with E-state index >= 15 is 0 Å². The van der Waals surface area contributed by atoms with Gasteiger partial charge in [0.2, 0.25) is 0 Å². The molecule has 1 fully saturated rings. The molecule has 1 atom stereocenters. The van der Waals surface area contributed by atoms with Gasteiger partial charge >= 0.3 is 29.6 Å². The fourth-order valence-electron chi connectivity index (χ4n) is 1.56. The summed E-state index contributed by atoms with van der Waals surface area (Å²) in [6.07, 6.45) is 3.11. The minimum atomic E-state index is -0.123. The van der Waals surface area contributed by atoms with Crippen molar-refractivity contribution in [2.45, 2.75) is 25.6 Å². The summed E-state index contributed by atoms with van der Waals surface area (Å²) in [6, 6.07) is 8.60. The zero-order valence-corrected chi connectivity index (χ0v) is 11.9. The van der Waals surface area contributed by atoms with Crippen molar-refractivity contribution in [1.29, 1.82) is 0 Å². The van der Waals surface area contributed by atoms with Crippen molar-refractivity contribution in [1.82, 2.24) is 0 Å². The van der Waals surface area contributed by atoms with Gasteiger partial charge in [-0.25, -0.2) is 0 Å². The van der Waals surface area contributed by atoms with Crippen LogP contribution in [0, 0.1) is 6.07 Å². The van der Waals surface area contributed by atoms with Crippen LogP contribution < -0.4 is 39.0 Å². The molecule has 0 N–H and O–H groups in total. The molecule has 2 rings (SSSR count). The molecular formula is C12H15NaO3. The summed E-state index contributed by atoms with van der Waals surface area (Å²) in [5, 5.41) is 0. The molecule has 1 aromatic carbocycles. The maximum absolute atomic E-state index is 5.64. The van der Waals surface area contributed by atoms with Crippen LogP contribution in [0.3, 0.4) is 0 Å². The second-order valence-electron chi connectivity index (χ2n) is 3.50. The molecule has 1 heterocycles. The van der Waals surface area contributed by atoms with Crippen LogP contribution in [-0.4, -0.2) is 20.0 Å². The minimum absolute atomic E-state index is 0. The van der Waals surface area contributed by atoms with Gasteiger partial charge in [0.1, 0.15) is 0 Å². The van der Waals surface area contributed by atoms with Gasteiger partial charge in [0.15, 0.2) is 6.29 Å². The Bertz CT molecular complexity index is 311. The Kier molecular flexibility index (Phi) is 6.21. The van der Waals surface area contributed by atoms with Crippen molar-refractivity contribution >= 4 is 0 Å². The number of hydrogen-bond donors (Lipinski definition) is 0. The number of benzene rings is 1. The third-order valence-corrected chi connectivity index (χ3v) is 2.36. The second-order valence-corrected chi connectivity index (χ2v) is 3.50. The minimum Gasteiger partial charge on any atom is -0.522 e. The molecule has 0 radical (unpaired) electrons. The van der Waals surface area contributed by atoms with Gasteiger partial charge in [-0.3, -0.25) is 0 Å². The van der Waals surface area contributed by atoms with Crippen LogP contribution in [0.4, 0.5) is 0 Å². The molecule has 1 saturated heterocycles. The molecule has 0 bridgehead atoms. The number of hydrogen-bond acceptors (Lipinski definition) is 3. The normalized spacial score (nSPS) is 19.7. The van der Waals surface area contributed by atoms with Crippen molar-refractivity contribution in [3.05, 3.63) is 24.3 Å². The van der Waals surface area contributed by atoms with Crippen molar-refractivity contribution in [2.75, 3.05) is 13.7 Å². The first-order valence-electron chi connectivity index (χ1n) is 5.23. The molecule has 0 saturated carbocycles. The van der Waals surface area contributed by atoms with Crippen LogP contribution >= 0.6 is 0 Å². The number of rotatable bonds is 3. The Morgan fingerprint density at radius 2 is 2.12 bits per heavy atom. The van der Waals surface area contributed by atoms with Crippen molar-refractivity contribution in [3.63, 3.8) is 0 Å². The van der Waals surface area contributed by atoms with Gasteiger partial charge in [0, 0.05) is 17.9 Å². The first kappa shape index (κ1) is 13.8.